The van der Waals surface area contributed by atoms with Crippen LogP contribution in [0.2, 0.25) is 0 Å². The predicted molar refractivity (Wildman–Crippen MR) is 62.4 cm³/mol. The van der Waals surface area contributed by atoms with Gasteiger partial charge in [-0.3, -0.25) is 0 Å². The fourth-order valence-electron chi connectivity index (χ4n) is 1.46. The number of benzene rings is 1. The van der Waals surface area contributed by atoms with Crippen molar-refractivity contribution < 1.29 is 41.4 Å². The van der Waals surface area contributed by atoms with Gasteiger partial charge in [-0.25, -0.2) is 27.7 Å². The molecule has 0 saturated heterocycles. The van der Waals surface area contributed by atoms with Crippen molar-refractivity contribution in [3.05, 3.63) is 58.7 Å². The van der Waals surface area contributed by atoms with Crippen molar-refractivity contribution in [2.75, 3.05) is 0 Å². The topological polar surface area (TPSA) is 76.5 Å². The fourth-order valence-corrected chi connectivity index (χ4v) is 1.46. The van der Waals surface area contributed by atoms with Gasteiger partial charge in [0.25, 0.3) is 0 Å². The minimum absolute atomic E-state index is 0.294. The number of hydrogen-bond acceptors (Lipinski definition) is 4. The van der Waals surface area contributed by atoms with Crippen molar-refractivity contribution >= 4 is 11.9 Å². The van der Waals surface area contributed by atoms with Gasteiger partial charge in [0.1, 0.15) is 5.69 Å². The van der Waals surface area contributed by atoms with Crippen LogP contribution in [0.15, 0.2) is 18.3 Å². The van der Waals surface area contributed by atoms with Crippen molar-refractivity contribution in [3.8, 4) is 5.75 Å². The lowest BCUT2D eigenvalue weighted by Gasteiger charge is -2.08. The van der Waals surface area contributed by atoms with Crippen molar-refractivity contribution in [2.45, 2.75) is 0 Å². The molecular formula is C13H4F5NO4. The number of hydrogen-bond donors (Lipinski definition) is 1. The number of nitrogens with zero attached hydrogens (tertiary/aromatic N) is 1. The number of carbonyl (C=O) groups is 2. The van der Waals surface area contributed by atoms with Crippen LogP contribution in [0.4, 0.5) is 22.0 Å². The third kappa shape index (κ3) is 2.96. The summed E-state index contributed by atoms with van der Waals surface area (Å²) in [4.78, 5) is 25.6. The number of esters is 1. The van der Waals surface area contributed by atoms with Crippen LogP contribution in [0.3, 0.4) is 0 Å². The SMILES string of the molecule is O=C(O)c1ccc(C(=O)Oc2c(F)c(F)c(F)c(F)c2F)nc1. The second-order valence-electron chi connectivity index (χ2n) is 4.03. The summed E-state index contributed by atoms with van der Waals surface area (Å²) in [5.41, 5.74) is -0.892. The Kier molecular flexibility index (Phi) is 4.25. The summed E-state index contributed by atoms with van der Waals surface area (Å²) in [6.07, 6.45) is 0.747. The molecule has 1 heterocycles. The molecule has 0 radical (unpaired) electrons. The van der Waals surface area contributed by atoms with E-state index >= 15 is 0 Å². The van der Waals surface area contributed by atoms with Gasteiger partial charge in [0, 0.05) is 6.20 Å². The van der Waals surface area contributed by atoms with Crippen molar-refractivity contribution in [1.29, 1.82) is 0 Å². The second-order valence-corrected chi connectivity index (χ2v) is 4.03. The van der Waals surface area contributed by atoms with Gasteiger partial charge >= 0.3 is 11.9 Å². The average Bonchev–Trinajstić information content (AvgIpc) is 2.55. The Morgan fingerprint density at radius 3 is 1.87 bits per heavy atom. The fraction of sp³-hybridized carbons (Fsp3) is 0. The second kappa shape index (κ2) is 5.99. The first kappa shape index (κ1) is 16.3. The van der Waals surface area contributed by atoms with E-state index in [1.165, 1.54) is 0 Å². The summed E-state index contributed by atoms with van der Waals surface area (Å²) in [6.45, 7) is 0. The van der Waals surface area contributed by atoms with E-state index in [4.69, 9.17) is 5.11 Å². The molecule has 1 N–H and O–H groups in total. The smallest absolute Gasteiger partial charge is 0.362 e. The van der Waals surface area contributed by atoms with Gasteiger partial charge in [-0.05, 0) is 12.1 Å². The van der Waals surface area contributed by atoms with Gasteiger partial charge in [0.2, 0.25) is 34.8 Å². The molecule has 0 saturated carbocycles. The predicted octanol–water partition coefficient (Wildman–Crippen LogP) is 2.69. The molecule has 0 fully saturated rings. The van der Waals surface area contributed by atoms with Gasteiger partial charge in [0.15, 0.2) is 0 Å². The molecule has 120 valence electrons. The molecule has 23 heavy (non-hydrogen) atoms. The maximum Gasteiger partial charge on any atom is 0.362 e. The first-order chi connectivity index (χ1) is 10.7. The molecule has 1 aromatic heterocycles. The summed E-state index contributed by atoms with van der Waals surface area (Å²) < 4.78 is 69.6. The maximum atomic E-state index is 13.4. The van der Waals surface area contributed by atoms with E-state index in [-0.39, 0.29) is 5.56 Å². The van der Waals surface area contributed by atoms with Gasteiger partial charge in [0.05, 0.1) is 5.56 Å². The van der Waals surface area contributed by atoms with E-state index in [9.17, 15) is 31.5 Å². The van der Waals surface area contributed by atoms with E-state index in [1.807, 2.05) is 0 Å². The first-order valence-corrected chi connectivity index (χ1v) is 5.67. The highest BCUT2D eigenvalue weighted by molar-refractivity contribution is 5.91. The highest BCUT2D eigenvalue weighted by Crippen LogP contribution is 2.29. The van der Waals surface area contributed by atoms with E-state index in [2.05, 4.69) is 9.72 Å². The van der Waals surface area contributed by atoms with E-state index in [0.717, 1.165) is 18.3 Å². The molecule has 2 aromatic rings. The molecule has 10 heteroatoms. The van der Waals surface area contributed by atoms with Gasteiger partial charge in [-0.2, -0.15) is 8.78 Å². The zero-order valence-electron chi connectivity index (χ0n) is 10.7. The summed E-state index contributed by atoms with van der Waals surface area (Å²) in [7, 11) is 0. The quantitative estimate of drug-likeness (QED) is 0.307. The molecule has 1 aromatic carbocycles. The molecule has 0 atom stereocenters. The van der Waals surface area contributed by atoms with Crippen LogP contribution in [-0.4, -0.2) is 22.0 Å². The zero-order valence-corrected chi connectivity index (χ0v) is 10.7. The minimum atomic E-state index is -2.40. The largest absolute Gasteiger partial charge is 0.478 e. The Bertz CT molecular complexity index is 778. The molecule has 0 aliphatic carbocycles. The number of pyridine rings is 1. The summed E-state index contributed by atoms with van der Waals surface area (Å²) in [6, 6.07) is 1.78. The van der Waals surface area contributed by atoms with E-state index < -0.39 is 52.5 Å². The highest BCUT2D eigenvalue weighted by Gasteiger charge is 2.29. The van der Waals surface area contributed by atoms with Crippen LogP contribution in [0, 0.1) is 29.1 Å². The number of carbonyl (C=O) groups excluding carboxylic acids is 1. The Balaban J connectivity index is 2.36. The molecule has 0 spiro atoms. The lowest BCUT2D eigenvalue weighted by molar-refractivity contribution is 0.0685. The molecule has 0 aliphatic heterocycles. The van der Waals surface area contributed by atoms with E-state index in [0.29, 0.717) is 0 Å². The number of carboxylic acids is 1. The molecule has 0 aliphatic rings. The lowest BCUT2D eigenvalue weighted by atomic mass is 10.2. The number of aromatic carboxylic acids is 1. The number of aromatic nitrogens is 1. The van der Waals surface area contributed by atoms with Crippen molar-refractivity contribution in [2.24, 2.45) is 0 Å². The van der Waals surface area contributed by atoms with Crippen LogP contribution in [0.25, 0.3) is 0 Å². The molecule has 0 amide bonds. The number of carboxylic acid groups (broad SMARTS) is 1. The number of halogens is 5. The molecule has 2 rings (SSSR count). The molecule has 0 bridgehead atoms. The highest BCUT2D eigenvalue weighted by atomic mass is 19.2. The van der Waals surface area contributed by atoms with Gasteiger partial charge in [-0.1, -0.05) is 0 Å². The number of ether oxygens (including phenoxy) is 1. The normalized spacial score (nSPS) is 10.5. The van der Waals surface area contributed by atoms with Gasteiger partial charge < -0.3 is 9.84 Å². The van der Waals surface area contributed by atoms with Crippen LogP contribution >= 0.6 is 0 Å². The Morgan fingerprint density at radius 2 is 1.43 bits per heavy atom. The van der Waals surface area contributed by atoms with Gasteiger partial charge in [-0.15, -0.1) is 0 Å². The van der Waals surface area contributed by atoms with Crippen LogP contribution in [-0.2, 0) is 0 Å². The average molecular weight is 333 g/mol. The van der Waals surface area contributed by atoms with Crippen molar-refractivity contribution in [1.82, 2.24) is 4.98 Å². The van der Waals surface area contributed by atoms with Crippen LogP contribution < -0.4 is 4.74 Å². The molecule has 5 nitrogen and oxygen atoms in total. The third-order valence-corrected chi connectivity index (χ3v) is 2.58. The summed E-state index contributed by atoms with van der Waals surface area (Å²) in [5, 5.41) is 8.64. The Morgan fingerprint density at radius 1 is 0.913 bits per heavy atom. The third-order valence-electron chi connectivity index (χ3n) is 2.58. The first-order valence-electron chi connectivity index (χ1n) is 5.67. The number of rotatable bonds is 3. The lowest BCUT2D eigenvalue weighted by Crippen LogP contribution is -2.15. The zero-order chi connectivity index (χ0) is 17.3. The standard InChI is InChI=1S/C13H4F5NO4/c14-6-7(15)9(17)11(10(18)8(6)16)23-13(22)5-2-1-4(3-19-5)12(20)21/h1-3H,(H,20,21). The van der Waals surface area contributed by atoms with Crippen LogP contribution in [0.5, 0.6) is 5.75 Å². The van der Waals surface area contributed by atoms with Crippen LogP contribution in [0.1, 0.15) is 20.8 Å². The maximum absolute atomic E-state index is 13.4. The Labute approximate surface area is 123 Å². The van der Waals surface area contributed by atoms with E-state index in [1.54, 1.807) is 0 Å². The Hall–Kier alpha value is -3.04. The minimum Gasteiger partial charge on any atom is -0.478 e. The summed E-state index contributed by atoms with van der Waals surface area (Å²) >= 11 is 0. The summed E-state index contributed by atoms with van der Waals surface area (Å²) in [5.74, 6) is -16.3. The monoisotopic (exact) mass is 333 g/mol. The van der Waals surface area contributed by atoms with Crippen molar-refractivity contribution in [3.63, 3.8) is 0 Å². The molecular weight excluding hydrogens is 329 g/mol. The molecule has 0 unspecified atom stereocenters.